The summed E-state index contributed by atoms with van der Waals surface area (Å²) >= 11 is 0. The van der Waals surface area contributed by atoms with Crippen LogP contribution in [-0.2, 0) is 13.5 Å². The van der Waals surface area contributed by atoms with Gasteiger partial charge in [0.25, 0.3) is 0 Å². The number of aliphatic hydroxyl groups is 1. The van der Waals surface area contributed by atoms with Crippen molar-refractivity contribution in [2.75, 3.05) is 0 Å². The first kappa shape index (κ1) is 11.4. The Kier molecular flexibility index (Phi) is 3.22. The lowest BCUT2D eigenvalue weighted by Crippen LogP contribution is -2.06. The third kappa shape index (κ3) is 2.52. The maximum atomic E-state index is 10.1. The highest BCUT2D eigenvalue weighted by molar-refractivity contribution is 5.33. The molecule has 0 aliphatic heterocycles. The van der Waals surface area contributed by atoms with Crippen molar-refractivity contribution >= 4 is 0 Å². The number of nitriles is 1. The van der Waals surface area contributed by atoms with Gasteiger partial charge in [-0.3, -0.25) is 0 Å². The Labute approximate surface area is 99.8 Å². The smallest absolute Gasteiger partial charge is 0.111 e. The third-order valence-electron chi connectivity index (χ3n) is 2.70. The summed E-state index contributed by atoms with van der Waals surface area (Å²) in [5.74, 6) is 0.819. The Morgan fingerprint density at radius 3 is 3.00 bits per heavy atom. The highest BCUT2D eigenvalue weighted by atomic mass is 16.3. The molecule has 4 heteroatoms. The van der Waals surface area contributed by atoms with Crippen LogP contribution in [0.25, 0.3) is 0 Å². The molecule has 1 aromatic carbocycles. The molecule has 2 aromatic rings. The first-order chi connectivity index (χ1) is 8.20. The molecule has 0 amide bonds. The summed E-state index contributed by atoms with van der Waals surface area (Å²) in [6, 6.07) is 9.07. The van der Waals surface area contributed by atoms with Gasteiger partial charge in [-0.2, -0.15) is 5.26 Å². The van der Waals surface area contributed by atoms with Crippen LogP contribution in [0.15, 0.2) is 36.7 Å². The zero-order valence-corrected chi connectivity index (χ0v) is 9.54. The average molecular weight is 227 g/mol. The Bertz CT molecular complexity index is 554. The molecule has 0 saturated heterocycles. The molecule has 1 aromatic heterocycles. The van der Waals surface area contributed by atoms with E-state index in [9.17, 15) is 5.11 Å². The van der Waals surface area contributed by atoms with Crippen LogP contribution in [0.4, 0.5) is 0 Å². The zero-order chi connectivity index (χ0) is 12.3. The topological polar surface area (TPSA) is 61.8 Å². The number of aliphatic hydroxyl groups excluding tert-OH is 1. The van der Waals surface area contributed by atoms with E-state index in [1.165, 1.54) is 0 Å². The van der Waals surface area contributed by atoms with Crippen molar-refractivity contribution in [3.63, 3.8) is 0 Å². The molecule has 0 aliphatic carbocycles. The SMILES string of the molecule is Cn1ccnc1CC(O)c1cccc(C#N)c1. The Hall–Kier alpha value is -2.12. The summed E-state index contributed by atoms with van der Waals surface area (Å²) in [5.41, 5.74) is 1.30. The highest BCUT2D eigenvalue weighted by Crippen LogP contribution is 2.18. The Morgan fingerprint density at radius 2 is 2.35 bits per heavy atom. The molecular formula is C13H13N3O. The third-order valence-corrected chi connectivity index (χ3v) is 2.70. The maximum absolute atomic E-state index is 10.1. The van der Waals surface area contributed by atoms with Gasteiger partial charge in [0.05, 0.1) is 17.7 Å². The molecular weight excluding hydrogens is 214 g/mol. The van der Waals surface area contributed by atoms with Crippen LogP contribution in [0.5, 0.6) is 0 Å². The molecule has 0 spiro atoms. The molecule has 1 unspecified atom stereocenters. The minimum absolute atomic E-state index is 0.443. The summed E-state index contributed by atoms with van der Waals surface area (Å²) in [6.07, 6.45) is 3.35. The number of aromatic nitrogens is 2. The number of nitrogens with zero attached hydrogens (tertiary/aromatic N) is 3. The molecule has 1 N–H and O–H groups in total. The fourth-order valence-corrected chi connectivity index (χ4v) is 1.70. The van der Waals surface area contributed by atoms with Crippen molar-refractivity contribution in [2.24, 2.45) is 7.05 Å². The summed E-state index contributed by atoms with van der Waals surface area (Å²) in [7, 11) is 1.89. The first-order valence-electron chi connectivity index (χ1n) is 5.35. The van der Waals surface area contributed by atoms with Crippen LogP contribution >= 0.6 is 0 Å². The van der Waals surface area contributed by atoms with E-state index in [0.29, 0.717) is 12.0 Å². The number of hydrogen-bond acceptors (Lipinski definition) is 3. The van der Waals surface area contributed by atoms with Gasteiger partial charge >= 0.3 is 0 Å². The van der Waals surface area contributed by atoms with Crippen molar-refractivity contribution < 1.29 is 5.11 Å². The van der Waals surface area contributed by atoms with Crippen LogP contribution in [0.2, 0.25) is 0 Å². The fraction of sp³-hybridized carbons (Fsp3) is 0.231. The van der Waals surface area contributed by atoms with E-state index < -0.39 is 6.10 Å². The predicted molar refractivity (Wildman–Crippen MR) is 63.0 cm³/mol. The Morgan fingerprint density at radius 1 is 1.53 bits per heavy atom. The standard InChI is InChI=1S/C13H13N3O/c1-16-6-5-15-13(16)8-12(17)11-4-2-3-10(7-11)9-14/h2-7,12,17H,8H2,1H3. The molecule has 4 nitrogen and oxygen atoms in total. The van der Waals surface area contributed by atoms with E-state index in [2.05, 4.69) is 11.1 Å². The number of aryl methyl sites for hydroxylation is 1. The molecule has 0 bridgehead atoms. The second kappa shape index (κ2) is 4.81. The lowest BCUT2D eigenvalue weighted by atomic mass is 10.0. The predicted octanol–water partition coefficient (Wildman–Crippen LogP) is 1.57. The molecule has 0 radical (unpaired) electrons. The van der Waals surface area contributed by atoms with Crippen molar-refractivity contribution in [3.8, 4) is 6.07 Å². The fourth-order valence-electron chi connectivity index (χ4n) is 1.70. The van der Waals surface area contributed by atoms with Crippen molar-refractivity contribution in [1.82, 2.24) is 9.55 Å². The van der Waals surface area contributed by atoms with Crippen molar-refractivity contribution in [2.45, 2.75) is 12.5 Å². The van der Waals surface area contributed by atoms with E-state index >= 15 is 0 Å². The zero-order valence-electron chi connectivity index (χ0n) is 9.54. The summed E-state index contributed by atoms with van der Waals surface area (Å²) in [5, 5.41) is 18.9. The van der Waals surface area contributed by atoms with Crippen LogP contribution < -0.4 is 0 Å². The molecule has 86 valence electrons. The second-order valence-electron chi connectivity index (χ2n) is 3.91. The van der Waals surface area contributed by atoms with Gasteiger partial charge < -0.3 is 9.67 Å². The van der Waals surface area contributed by atoms with Gasteiger partial charge in [0, 0.05) is 25.9 Å². The number of rotatable bonds is 3. The normalized spacial score (nSPS) is 12.1. The van der Waals surface area contributed by atoms with Gasteiger partial charge in [0.15, 0.2) is 0 Å². The molecule has 1 heterocycles. The van der Waals surface area contributed by atoms with Gasteiger partial charge in [-0.05, 0) is 17.7 Å². The second-order valence-corrected chi connectivity index (χ2v) is 3.91. The number of benzene rings is 1. The van der Waals surface area contributed by atoms with Crippen LogP contribution in [0.3, 0.4) is 0 Å². The molecule has 1 atom stereocenters. The van der Waals surface area contributed by atoms with Crippen LogP contribution in [0.1, 0.15) is 23.1 Å². The minimum atomic E-state index is -0.635. The molecule has 0 fully saturated rings. The van der Waals surface area contributed by atoms with E-state index in [1.807, 2.05) is 23.9 Å². The largest absolute Gasteiger partial charge is 0.388 e. The minimum Gasteiger partial charge on any atom is -0.388 e. The van der Waals surface area contributed by atoms with Crippen LogP contribution in [-0.4, -0.2) is 14.7 Å². The van der Waals surface area contributed by atoms with E-state index in [-0.39, 0.29) is 0 Å². The van der Waals surface area contributed by atoms with Gasteiger partial charge in [-0.25, -0.2) is 4.98 Å². The molecule has 2 rings (SSSR count). The van der Waals surface area contributed by atoms with E-state index in [0.717, 1.165) is 11.4 Å². The van der Waals surface area contributed by atoms with Crippen LogP contribution in [0, 0.1) is 11.3 Å². The summed E-state index contributed by atoms with van der Waals surface area (Å²) in [4.78, 5) is 4.16. The number of imidazole rings is 1. The van der Waals surface area contributed by atoms with Gasteiger partial charge in [0.1, 0.15) is 5.82 Å². The van der Waals surface area contributed by atoms with Crippen molar-refractivity contribution in [1.29, 1.82) is 5.26 Å². The van der Waals surface area contributed by atoms with E-state index in [1.54, 1.807) is 24.4 Å². The highest BCUT2D eigenvalue weighted by Gasteiger charge is 2.11. The lowest BCUT2D eigenvalue weighted by molar-refractivity contribution is 0.175. The van der Waals surface area contributed by atoms with Gasteiger partial charge in [-0.1, -0.05) is 12.1 Å². The summed E-state index contributed by atoms with van der Waals surface area (Å²) in [6.45, 7) is 0. The quantitative estimate of drug-likeness (QED) is 0.865. The maximum Gasteiger partial charge on any atom is 0.111 e. The Balaban J connectivity index is 2.17. The first-order valence-corrected chi connectivity index (χ1v) is 5.35. The molecule has 17 heavy (non-hydrogen) atoms. The monoisotopic (exact) mass is 227 g/mol. The molecule has 0 aliphatic rings. The average Bonchev–Trinajstić information content (AvgIpc) is 2.75. The van der Waals surface area contributed by atoms with Gasteiger partial charge in [0.2, 0.25) is 0 Å². The number of hydrogen-bond donors (Lipinski definition) is 1. The lowest BCUT2D eigenvalue weighted by Gasteiger charge is -2.10. The molecule has 0 saturated carbocycles. The van der Waals surface area contributed by atoms with Crippen molar-refractivity contribution in [3.05, 3.63) is 53.6 Å². The summed E-state index contributed by atoms with van der Waals surface area (Å²) < 4.78 is 1.87. The van der Waals surface area contributed by atoms with Gasteiger partial charge in [-0.15, -0.1) is 0 Å². The van der Waals surface area contributed by atoms with E-state index in [4.69, 9.17) is 5.26 Å².